The molecule has 1 fully saturated rings. The summed E-state index contributed by atoms with van der Waals surface area (Å²) in [6.07, 6.45) is 1.98. The maximum Gasteiger partial charge on any atom is 0.227 e. The molecule has 1 saturated carbocycles. The number of halogens is 2. The second-order valence-electron chi connectivity index (χ2n) is 3.84. The van der Waals surface area contributed by atoms with E-state index in [1.165, 1.54) is 0 Å². The first-order valence-electron chi connectivity index (χ1n) is 4.84. The lowest BCUT2D eigenvalue weighted by Crippen LogP contribution is -2.14. The third-order valence-corrected chi connectivity index (χ3v) is 3.20. The minimum atomic E-state index is 0.0801. The van der Waals surface area contributed by atoms with Crippen molar-refractivity contribution in [1.82, 2.24) is 0 Å². The Morgan fingerprint density at radius 3 is 2.53 bits per heavy atom. The Kier molecular flexibility index (Phi) is 2.89. The molecule has 0 unspecified atom stereocenters. The van der Waals surface area contributed by atoms with Crippen molar-refractivity contribution in [2.45, 2.75) is 19.8 Å². The van der Waals surface area contributed by atoms with E-state index in [-0.39, 0.29) is 11.8 Å². The smallest absolute Gasteiger partial charge is 0.227 e. The van der Waals surface area contributed by atoms with Crippen molar-refractivity contribution in [2.75, 3.05) is 5.32 Å². The van der Waals surface area contributed by atoms with Gasteiger partial charge in [-0.2, -0.15) is 0 Å². The van der Waals surface area contributed by atoms with Crippen LogP contribution in [0.3, 0.4) is 0 Å². The molecule has 0 saturated heterocycles. The lowest BCUT2D eigenvalue weighted by Gasteiger charge is -2.09. The minimum absolute atomic E-state index is 0.0801. The number of carbonyl (C=O) groups excluding carboxylic acids is 1. The summed E-state index contributed by atoms with van der Waals surface area (Å²) in [6.45, 7) is 1.89. The number of rotatable bonds is 2. The summed E-state index contributed by atoms with van der Waals surface area (Å²) >= 11 is 11.7. The fourth-order valence-corrected chi connectivity index (χ4v) is 1.74. The van der Waals surface area contributed by atoms with Gasteiger partial charge in [-0.15, -0.1) is 0 Å². The van der Waals surface area contributed by atoms with Crippen molar-refractivity contribution in [3.8, 4) is 0 Å². The van der Waals surface area contributed by atoms with Crippen molar-refractivity contribution < 1.29 is 4.79 Å². The average Bonchev–Trinajstić information content (AvgIpc) is 2.97. The number of carbonyl (C=O) groups is 1. The summed E-state index contributed by atoms with van der Waals surface area (Å²) in [5.74, 6) is 0.273. The molecule has 1 aromatic rings. The fraction of sp³-hybridized carbons (Fsp3) is 0.364. The van der Waals surface area contributed by atoms with Crippen molar-refractivity contribution in [1.29, 1.82) is 0 Å². The SMILES string of the molecule is Cc1cc(Cl)c(Cl)cc1NC(=O)C1CC1. The van der Waals surface area contributed by atoms with Crippen LogP contribution in [0.25, 0.3) is 0 Å². The summed E-state index contributed by atoms with van der Waals surface area (Å²) in [6, 6.07) is 3.45. The van der Waals surface area contributed by atoms with Crippen LogP contribution in [0, 0.1) is 12.8 Å². The Morgan fingerprint density at radius 1 is 1.33 bits per heavy atom. The molecule has 2 nitrogen and oxygen atoms in total. The van der Waals surface area contributed by atoms with E-state index in [1.54, 1.807) is 12.1 Å². The van der Waals surface area contributed by atoms with Crippen molar-refractivity contribution in [2.24, 2.45) is 5.92 Å². The van der Waals surface area contributed by atoms with E-state index < -0.39 is 0 Å². The number of hydrogen-bond acceptors (Lipinski definition) is 1. The zero-order chi connectivity index (χ0) is 11.0. The molecule has 4 heteroatoms. The predicted octanol–water partition coefficient (Wildman–Crippen LogP) is 3.65. The highest BCUT2D eigenvalue weighted by molar-refractivity contribution is 6.42. The Balaban J connectivity index is 2.20. The molecule has 1 aliphatic rings. The fourth-order valence-electron chi connectivity index (χ4n) is 1.36. The zero-order valence-electron chi connectivity index (χ0n) is 8.31. The van der Waals surface area contributed by atoms with Crippen LogP contribution in [0.1, 0.15) is 18.4 Å². The molecule has 80 valence electrons. The first-order valence-corrected chi connectivity index (χ1v) is 5.60. The summed E-state index contributed by atoms with van der Waals surface area (Å²) < 4.78 is 0. The van der Waals surface area contributed by atoms with Crippen molar-refractivity contribution in [3.63, 3.8) is 0 Å². The number of benzene rings is 1. The first-order chi connectivity index (χ1) is 7.08. The van der Waals surface area contributed by atoms with Gasteiger partial charge in [0.25, 0.3) is 0 Å². The van der Waals surface area contributed by atoms with E-state index in [0.29, 0.717) is 10.0 Å². The van der Waals surface area contributed by atoms with Crippen molar-refractivity contribution in [3.05, 3.63) is 27.7 Å². The van der Waals surface area contributed by atoms with E-state index >= 15 is 0 Å². The van der Waals surface area contributed by atoms with Gasteiger partial charge in [0.05, 0.1) is 10.0 Å². The molecule has 15 heavy (non-hydrogen) atoms. The molecule has 1 aliphatic carbocycles. The molecule has 0 aromatic heterocycles. The summed E-state index contributed by atoms with van der Waals surface area (Å²) in [7, 11) is 0. The van der Waals surface area contributed by atoms with Gasteiger partial charge in [0, 0.05) is 11.6 Å². The molecule has 0 atom stereocenters. The van der Waals surface area contributed by atoms with Gasteiger partial charge >= 0.3 is 0 Å². The number of aryl methyl sites for hydroxylation is 1. The Bertz CT molecular complexity index is 413. The number of amides is 1. The standard InChI is InChI=1S/C11H11Cl2NO/c1-6-4-8(12)9(13)5-10(6)14-11(15)7-2-3-7/h4-5,7H,2-3H2,1H3,(H,14,15). The van der Waals surface area contributed by atoms with Crippen molar-refractivity contribution >= 4 is 34.8 Å². The molecule has 0 bridgehead atoms. The normalized spacial score (nSPS) is 15.1. The monoisotopic (exact) mass is 243 g/mol. The van der Waals surface area contributed by atoms with Crippen LogP contribution in [0.4, 0.5) is 5.69 Å². The minimum Gasteiger partial charge on any atom is -0.326 e. The summed E-state index contributed by atoms with van der Waals surface area (Å²) in [5.41, 5.74) is 1.68. The third-order valence-electron chi connectivity index (χ3n) is 2.47. The molecule has 1 N–H and O–H groups in total. The highest BCUT2D eigenvalue weighted by Crippen LogP contribution is 2.32. The number of hydrogen-bond donors (Lipinski definition) is 1. The maximum absolute atomic E-state index is 11.5. The number of anilines is 1. The van der Waals surface area contributed by atoms with Crippen LogP contribution >= 0.6 is 23.2 Å². The van der Waals surface area contributed by atoms with E-state index in [0.717, 1.165) is 24.1 Å². The van der Waals surface area contributed by atoms with Gasteiger partial charge in [-0.1, -0.05) is 23.2 Å². The topological polar surface area (TPSA) is 29.1 Å². The van der Waals surface area contributed by atoms with Crippen LogP contribution < -0.4 is 5.32 Å². The lowest BCUT2D eigenvalue weighted by molar-refractivity contribution is -0.117. The van der Waals surface area contributed by atoms with Gasteiger partial charge in [0.15, 0.2) is 0 Å². The molecular formula is C11H11Cl2NO. The van der Waals surface area contributed by atoms with E-state index in [4.69, 9.17) is 23.2 Å². The van der Waals surface area contributed by atoms with E-state index in [2.05, 4.69) is 5.32 Å². The molecule has 2 rings (SSSR count). The highest BCUT2D eigenvalue weighted by Gasteiger charge is 2.29. The summed E-state index contributed by atoms with van der Waals surface area (Å²) in [5, 5.41) is 3.84. The summed E-state index contributed by atoms with van der Waals surface area (Å²) in [4.78, 5) is 11.5. The quantitative estimate of drug-likeness (QED) is 0.845. The second kappa shape index (κ2) is 4.03. The van der Waals surface area contributed by atoms with E-state index in [9.17, 15) is 4.79 Å². The second-order valence-corrected chi connectivity index (χ2v) is 4.66. The van der Waals surface area contributed by atoms with Crippen LogP contribution in [0.15, 0.2) is 12.1 Å². The van der Waals surface area contributed by atoms with Gasteiger partial charge in [-0.3, -0.25) is 4.79 Å². The van der Waals surface area contributed by atoms with Crippen LogP contribution in [0.2, 0.25) is 10.0 Å². The van der Waals surface area contributed by atoms with Crippen LogP contribution in [-0.4, -0.2) is 5.91 Å². The molecular weight excluding hydrogens is 233 g/mol. The van der Waals surface area contributed by atoms with Gasteiger partial charge in [0.1, 0.15) is 0 Å². The largest absolute Gasteiger partial charge is 0.326 e. The van der Waals surface area contributed by atoms with Gasteiger partial charge < -0.3 is 5.32 Å². The predicted molar refractivity (Wildman–Crippen MR) is 62.6 cm³/mol. The van der Waals surface area contributed by atoms with Crippen LogP contribution in [0.5, 0.6) is 0 Å². The van der Waals surface area contributed by atoms with Gasteiger partial charge in [0.2, 0.25) is 5.91 Å². The van der Waals surface area contributed by atoms with Crippen LogP contribution in [-0.2, 0) is 4.79 Å². The molecule has 0 heterocycles. The Labute approximate surface area is 98.6 Å². The molecule has 1 aromatic carbocycles. The van der Waals surface area contributed by atoms with Gasteiger partial charge in [-0.25, -0.2) is 0 Å². The highest BCUT2D eigenvalue weighted by atomic mass is 35.5. The van der Waals surface area contributed by atoms with E-state index in [1.807, 2.05) is 6.92 Å². The third kappa shape index (κ3) is 2.44. The molecule has 0 radical (unpaired) electrons. The van der Waals surface area contributed by atoms with Gasteiger partial charge in [-0.05, 0) is 37.5 Å². The maximum atomic E-state index is 11.5. The zero-order valence-corrected chi connectivity index (χ0v) is 9.82. The molecule has 0 aliphatic heterocycles. The average molecular weight is 244 g/mol. The lowest BCUT2D eigenvalue weighted by atomic mass is 10.2. The first kappa shape index (κ1) is 10.8. The Morgan fingerprint density at radius 2 is 1.93 bits per heavy atom. The molecule has 1 amide bonds. The Hall–Kier alpha value is -0.730. The molecule has 0 spiro atoms. The number of nitrogens with one attached hydrogen (secondary N) is 1.